The van der Waals surface area contributed by atoms with Crippen LogP contribution in [0.4, 0.5) is 0 Å². The van der Waals surface area contributed by atoms with E-state index in [1.807, 2.05) is 0 Å². The van der Waals surface area contributed by atoms with E-state index in [4.69, 9.17) is 10.5 Å². The summed E-state index contributed by atoms with van der Waals surface area (Å²) in [7, 11) is 0. The molecule has 0 radical (unpaired) electrons. The third-order valence-corrected chi connectivity index (χ3v) is 3.05. The predicted octanol–water partition coefficient (Wildman–Crippen LogP) is 1.41. The van der Waals surface area contributed by atoms with Gasteiger partial charge in [0.05, 0.1) is 12.8 Å². The summed E-state index contributed by atoms with van der Waals surface area (Å²) >= 11 is 0. The van der Waals surface area contributed by atoms with Gasteiger partial charge in [0.15, 0.2) is 0 Å². The van der Waals surface area contributed by atoms with Gasteiger partial charge in [0.1, 0.15) is 5.75 Å². The van der Waals surface area contributed by atoms with Crippen molar-refractivity contribution in [2.24, 2.45) is 11.7 Å². The van der Waals surface area contributed by atoms with Crippen LogP contribution in [0.15, 0.2) is 17.1 Å². The van der Waals surface area contributed by atoms with Crippen molar-refractivity contribution in [1.29, 1.82) is 0 Å². The largest absolute Gasteiger partial charge is 0.492 e. The summed E-state index contributed by atoms with van der Waals surface area (Å²) < 4.78 is 6.89. The smallest absolute Gasteiger partial charge is 0.270 e. The molecule has 1 rings (SSSR count). The van der Waals surface area contributed by atoms with E-state index in [2.05, 4.69) is 18.9 Å². The number of hydrogen-bond acceptors (Lipinski definition) is 4. The van der Waals surface area contributed by atoms with Gasteiger partial charge >= 0.3 is 0 Å². The first-order chi connectivity index (χ1) is 8.71. The second-order valence-electron chi connectivity index (χ2n) is 4.38. The molecule has 0 saturated carbocycles. The van der Waals surface area contributed by atoms with E-state index < -0.39 is 0 Å². The SMILES string of the molecule is CCC(CC)Cn1ncc(OCCCN)cc1=O. The van der Waals surface area contributed by atoms with Crippen LogP contribution in [-0.2, 0) is 6.54 Å². The molecule has 2 N–H and O–H groups in total. The zero-order chi connectivity index (χ0) is 13.4. The van der Waals surface area contributed by atoms with Crippen LogP contribution in [0.25, 0.3) is 0 Å². The van der Waals surface area contributed by atoms with Crippen molar-refractivity contribution in [2.75, 3.05) is 13.2 Å². The Hall–Kier alpha value is -1.36. The maximum Gasteiger partial charge on any atom is 0.270 e. The van der Waals surface area contributed by atoms with Gasteiger partial charge in [-0.2, -0.15) is 5.10 Å². The van der Waals surface area contributed by atoms with Crippen LogP contribution in [-0.4, -0.2) is 22.9 Å². The first-order valence-corrected chi connectivity index (χ1v) is 6.61. The zero-order valence-corrected chi connectivity index (χ0v) is 11.3. The lowest BCUT2D eigenvalue weighted by atomic mass is 10.0. The Kier molecular flexibility index (Phi) is 6.43. The Labute approximate surface area is 108 Å². The lowest BCUT2D eigenvalue weighted by Gasteiger charge is -2.13. The van der Waals surface area contributed by atoms with Crippen molar-refractivity contribution >= 4 is 0 Å². The molecule has 0 bridgehead atoms. The number of hydrogen-bond donors (Lipinski definition) is 1. The average Bonchev–Trinajstić information content (AvgIpc) is 2.38. The van der Waals surface area contributed by atoms with Gasteiger partial charge in [-0.3, -0.25) is 4.79 Å². The molecular weight excluding hydrogens is 230 g/mol. The molecule has 0 aliphatic carbocycles. The van der Waals surface area contributed by atoms with Crippen LogP contribution in [0, 0.1) is 5.92 Å². The zero-order valence-electron chi connectivity index (χ0n) is 11.3. The quantitative estimate of drug-likeness (QED) is 0.711. The van der Waals surface area contributed by atoms with Gasteiger partial charge in [-0.25, -0.2) is 4.68 Å². The molecule has 1 heterocycles. The van der Waals surface area contributed by atoms with Gasteiger partial charge in [-0.1, -0.05) is 26.7 Å². The molecule has 0 aromatic carbocycles. The maximum absolute atomic E-state index is 11.8. The number of ether oxygens (including phenoxy) is 1. The molecular formula is C13H23N3O2. The highest BCUT2D eigenvalue weighted by Crippen LogP contribution is 2.10. The average molecular weight is 253 g/mol. The Bertz CT molecular complexity index is 399. The van der Waals surface area contributed by atoms with Crippen LogP contribution in [0.2, 0.25) is 0 Å². The van der Waals surface area contributed by atoms with Gasteiger partial charge in [-0.15, -0.1) is 0 Å². The fourth-order valence-electron chi connectivity index (χ4n) is 1.70. The van der Waals surface area contributed by atoms with Crippen molar-refractivity contribution in [3.63, 3.8) is 0 Å². The van der Waals surface area contributed by atoms with E-state index in [9.17, 15) is 4.79 Å². The fraction of sp³-hybridized carbons (Fsp3) is 0.692. The fourth-order valence-corrected chi connectivity index (χ4v) is 1.70. The second-order valence-corrected chi connectivity index (χ2v) is 4.38. The first-order valence-electron chi connectivity index (χ1n) is 6.61. The molecule has 0 aliphatic rings. The first kappa shape index (κ1) is 14.7. The summed E-state index contributed by atoms with van der Waals surface area (Å²) in [6, 6.07) is 1.49. The van der Waals surface area contributed by atoms with E-state index in [0.717, 1.165) is 19.3 Å². The summed E-state index contributed by atoms with van der Waals surface area (Å²) in [5, 5.41) is 4.14. The van der Waals surface area contributed by atoms with E-state index in [1.165, 1.54) is 10.7 Å². The van der Waals surface area contributed by atoms with Crippen molar-refractivity contribution in [3.8, 4) is 5.75 Å². The molecule has 1 aromatic heterocycles. The molecule has 0 aliphatic heterocycles. The van der Waals surface area contributed by atoms with Gasteiger partial charge < -0.3 is 10.5 Å². The van der Waals surface area contributed by atoms with Crippen LogP contribution in [0.5, 0.6) is 5.75 Å². The van der Waals surface area contributed by atoms with Crippen molar-refractivity contribution in [2.45, 2.75) is 39.7 Å². The maximum atomic E-state index is 11.8. The number of nitrogens with zero attached hydrogens (tertiary/aromatic N) is 2. The molecule has 18 heavy (non-hydrogen) atoms. The summed E-state index contributed by atoms with van der Waals surface area (Å²) in [4.78, 5) is 11.8. The summed E-state index contributed by atoms with van der Waals surface area (Å²) in [5.41, 5.74) is 5.27. The summed E-state index contributed by atoms with van der Waals surface area (Å²) in [5.74, 6) is 1.02. The van der Waals surface area contributed by atoms with Crippen molar-refractivity contribution in [3.05, 3.63) is 22.6 Å². The third-order valence-electron chi connectivity index (χ3n) is 3.05. The molecule has 5 nitrogen and oxygen atoms in total. The minimum atomic E-state index is -0.104. The van der Waals surface area contributed by atoms with Gasteiger partial charge in [0.2, 0.25) is 0 Å². The highest BCUT2D eigenvalue weighted by Gasteiger charge is 2.07. The molecule has 0 saturated heterocycles. The van der Waals surface area contributed by atoms with Crippen molar-refractivity contribution in [1.82, 2.24) is 9.78 Å². The predicted molar refractivity (Wildman–Crippen MR) is 71.7 cm³/mol. The van der Waals surface area contributed by atoms with Gasteiger partial charge in [0, 0.05) is 12.6 Å². The second kappa shape index (κ2) is 7.87. The summed E-state index contributed by atoms with van der Waals surface area (Å²) in [6.07, 6.45) is 4.48. The Morgan fingerprint density at radius 3 is 2.72 bits per heavy atom. The lowest BCUT2D eigenvalue weighted by molar-refractivity contribution is 0.306. The molecule has 0 atom stereocenters. The van der Waals surface area contributed by atoms with Gasteiger partial charge in [0.25, 0.3) is 5.56 Å². The third kappa shape index (κ3) is 4.49. The van der Waals surface area contributed by atoms with E-state index >= 15 is 0 Å². The molecule has 0 fully saturated rings. The van der Waals surface area contributed by atoms with E-state index in [0.29, 0.717) is 31.4 Å². The summed E-state index contributed by atoms with van der Waals surface area (Å²) in [6.45, 7) is 6.04. The molecule has 0 spiro atoms. The Balaban J connectivity index is 2.64. The Morgan fingerprint density at radius 2 is 2.17 bits per heavy atom. The molecule has 0 unspecified atom stereocenters. The lowest BCUT2D eigenvalue weighted by Crippen LogP contribution is -2.25. The monoisotopic (exact) mass is 253 g/mol. The van der Waals surface area contributed by atoms with E-state index in [1.54, 1.807) is 6.20 Å². The van der Waals surface area contributed by atoms with E-state index in [-0.39, 0.29) is 5.56 Å². The van der Waals surface area contributed by atoms with Gasteiger partial charge in [-0.05, 0) is 18.9 Å². The molecule has 0 amide bonds. The molecule has 5 heteroatoms. The van der Waals surface area contributed by atoms with Crippen molar-refractivity contribution < 1.29 is 4.74 Å². The van der Waals surface area contributed by atoms with Crippen LogP contribution < -0.4 is 16.0 Å². The highest BCUT2D eigenvalue weighted by molar-refractivity contribution is 5.13. The molecule has 1 aromatic rings. The number of rotatable bonds is 8. The van der Waals surface area contributed by atoms with Crippen LogP contribution in [0.1, 0.15) is 33.1 Å². The molecule has 102 valence electrons. The number of nitrogens with two attached hydrogens (primary N) is 1. The van der Waals surface area contributed by atoms with Crippen LogP contribution in [0.3, 0.4) is 0 Å². The topological polar surface area (TPSA) is 70.1 Å². The minimum absolute atomic E-state index is 0.104. The van der Waals surface area contributed by atoms with Crippen LogP contribution >= 0.6 is 0 Å². The standard InChI is InChI=1S/C13H23N3O2/c1-3-11(4-2)10-16-13(17)8-12(9-15-16)18-7-5-6-14/h8-9,11H,3-7,10,14H2,1-2H3. The minimum Gasteiger partial charge on any atom is -0.492 e. The highest BCUT2D eigenvalue weighted by atomic mass is 16.5. The Morgan fingerprint density at radius 1 is 1.44 bits per heavy atom. The number of aromatic nitrogens is 2. The normalized spacial score (nSPS) is 10.9.